The van der Waals surface area contributed by atoms with E-state index in [0.717, 1.165) is 32.1 Å². The second-order valence-corrected chi connectivity index (χ2v) is 12.0. The van der Waals surface area contributed by atoms with Crippen molar-refractivity contribution in [3.05, 3.63) is 0 Å². The Morgan fingerprint density at radius 1 is 0.436 bits per heavy atom. The molecule has 0 saturated heterocycles. The lowest BCUT2D eigenvalue weighted by Crippen LogP contribution is -2.14. The van der Waals surface area contributed by atoms with E-state index in [9.17, 15) is 9.59 Å². The van der Waals surface area contributed by atoms with Crippen LogP contribution in [-0.2, 0) is 19.1 Å². The molecule has 4 nitrogen and oxygen atoms in total. The van der Waals surface area contributed by atoms with Crippen LogP contribution < -0.4 is 0 Å². The Morgan fingerprint density at radius 3 is 1.23 bits per heavy atom. The van der Waals surface area contributed by atoms with Crippen molar-refractivity contribution < 1.29 is 19.1 Å². The first-order valence-electron chi connectivity index (χ1n) is 17.4. The highest BCUT2D eigenvalue weighted by atomic mass is 16.5. The fraction of sp³-hybridized carbons (Fsp3) is 0.943. The Hall–Kier alpha value is -1.06. The maximum atomic E-state index is 12.2. The zero-order valence-corrected chi connectivity index (χ0v) is 26.9. The van der Waals surface area contributed by atoms with Gasteiger partial charge >= 0.3 is 11.9 Å². The van der Waals surface area contributed by atoms with E-state index in [4.69, 9.17) is 9.47 Å². The van der Waals surface area contributed by atoms with Crippen molar-refractivity contribution in [3.8, 4) is 0 Å². The molecule has 0 fully saturated rings. The zero-order chi connectivity index (χ0) is 28.8. The lowest BCUT2D eigenvalue weighted by Gasteiger charge is -2.17. The SMILES string of the molecule is CCCCCCCCC(CCCCCCCCC(=O)OCC(CC)CCCC)COC(=O)CCCCCCC. The highest BCUT2D eigenvalue weighted by molar-refractivity contribution is 5.69. The summed E-state index contributed by atoms with van der Waals surface area (Å²) in [6, 6.07) is 0. The fourth-order valence-electron chi connectivity index (χ4n) is 5.27. The molecule has 0 aromatic carbocycles. The second-order valence-electron chi connectivity index (χ2n) is 12.0. The number of hydrogen-bond donors (Lipinski definition) is 0. The molecule has 0 saturated carbocycles. The van der Waals surface area contributed by atoms with Crippen LogP contribution in [0.2, 0.25) is 0 Å². The Bertz CT molecular complexity index is 533. The predicted octanol–water partition coefficient (Wildman–Crippen LogP) is 11.1. The Kier molecular flexibility index (Phi) is 29.1. The maximum Gasteiger partial charge on any atom is 0.305 e. The van der Waals surface area contributed by atoms with Gasteiger partial charge in [-0.25, -0.2) is 0 Å². The minimum Gasteiger partial charge on any atom is -0.465 e. The average molecular weight is 553 g/mol. The summed E-state index contributed by atoms with van der Waals surface area (Å²) in [7, 11) is 0. The minimum absolute atomic E-state index is 0.00384. The fourth-order valence-corrected chi connectivity index (χ4v) is 5.27. The van der Waals surface area contributed by atoms with Crippen LogP contribution in [0.25, 0.3) is 0 Å². The van der Waals surface area contributed by atoms with Gasteiger partial charge in [0.2, 0.25) is 0 Å². The standard InChI is InChI=1S/C35H68O4/c1-5-9-12-14-18-21-26-33(31-39-35(37)28-23-17-13-10-6-2)27-22-19-15-16-20-24-29-34(36)38-30-32(8-4)25-11-7-3/h32-33H,5-31H2,1-4H3. The van der Waals surface area contributed by atoms with Crippen LogP contribution in [0.4, 0.5) is 0 Å². The van der Waals surface area contributed by atoms with Crippen molar-refractivity contribution in [3.63, 3.8) is 0 Å². The van der Waals surface area contributed by atoms with Gasteiger partial charge in [-0.2, -0.15) is 0 Å². The second kappa shape index (κ2) is 29.9. The number of carbonyl (C=O) groups is 2. The van der Waals surface area contributed by atoms with Crippen LogP contribution in [-0.4, -0.2) is 25.2 Å². The number of ether oxygens (including phenoxy) is 2. The third-order valence-corrected chi connectivity index (χ3v) is 8.20. The van der Waals surface area contributed by atoms with Crippen LogP contribution in [0.1, 0.15) is 188 Å². The predicted molar refractivity (Wildman–Crippen MR) is 167 cm³/mol. The van der Waals surface area contributed by atoms with Gasteiger partial charge in [-0.1, -0.05) is 143 Å². The number of hydrogen-bond acceptors (Lipinski definition) is 4. The van der Waals surface area contributed by atoms with E-state index in [0.29, 0.717) is 37.9 Å². The van der Waals surface area contributed by atoms with Crippen molar-refractivity contribution in [2.75, 3.05) is 13.2 Å². The number of unbranched alkanes of at least 4 members (excludes halogenated alkanes) is 15. The van der Waals surface area contributed by atoms with Crippen molar-refractivity contribution in [1.82, 2.24) is 0 Å². The number of esters is 2. The molecular weight excluding hydrogens is 484 g/mol. The van der Waals surface area contributed by atoms with Gasteiger partial charge in [-0.3, -0.25) is 9.59 Å². The highest BCUT2D eigenvalue weighted by Gasteiger charge is 2.13. The first kappa shape index (κ1) is 37.9. The molecule has 0 N–H and O–H groups in total. The summed E-state index contributed by atoms with van der Waals surface area (Å²) in [5.41, 5.74) is 0. The summed E-state index contributed by atoms with van der Waals surface area (Å²) in [5, 5.41) is 0. The number of rotatable bonds is 30. The molecule has 0 aromatic rings. The van der Waals surface area contributed by atoms with Gasteiger partial charge < -0.3 is 9.47 Å². The van der Waals surface area contributed by atoms with Gasteiger partial charge in [0.1, 0.15) is 0 Å². The van der Waals surface area contributed by atoms with Gasteiger partial charge in [-0.15, -0.1) is 0 Å². The van der Waals surface area contributed by atoms with Crippen molar-refractivity contribution in [1.29, 1.82) is 0 Å². The maximum absolute atomic E-state index is 12.2. The van der Waals surface area contributed by atoms with Crippen molar-refractivity contribution in [2.24, 2.45) is 11.8 Å². The van der Waals surface area contributed by atoms with E-state index in [1.807, 2.05) is 0 Å². The molecule has 4 heteroatoms. The molecule has 0 aliphatic rings. The quantitative estimate of drug-likeness (QED) is 0.0656. The molecule has 0 aliphatic carbocycles. The molecule has 0 heterocycles. The first-order chi connectivity index (χ1) is 19.1. The Balaban J connectivity index is 4.04. The van der Waals surface area contributed by atoms with E-state index in [2.05, 4.69) is 27.7 Å². The summed E-state index contributed by atoms with van der Waals surface area (Å²) in [5.74, 6) is 1.03. The molecule has 0 radical (unpaired) electrons. The summed E-state index contributed by atoms with van der Waals surface area (Å²) in [6.45, 7) is 10.1. The third kappa shape index (κ3) is 26.9. The van der Waals surface area contributed by atoms with E-state index in [1.54, 1.807) is 0 Å². The van der Waals surface area contributed by atoms with Crippen LogP contribution >= 0.6 is 0 Å². The van der Waals surface area contributed by atoms with Crippen LogP contribution in [0.15, 0.2) is 0 Å². The molecule has 0 spiro atoms. The Labute approximate surface area is 244 Å². The van der Waals surface area contributed by atoms with Gasteiger partial charge in [-0.05, 0) is 43.9 Å². The molecule has 0 aliphatic heterocycles. The smallest absolute Gasteiger partial charge is 0.305 e. The summed E-state index contributed by atoms with van der Waals surface area (Å²) in [4.78, 5) is 24.3. The van der Waals surface area contributed by atoms with Crippen LogP contribution in [0.5, 0.6) is 0 Å². The molecule has 0 bridgehead atoms. The largest absolute Gasteiger partial charge is 0.465 e. The molecule has 2 atom stereocenters. The van der Waals surface area contributed by atoms with E-state index in [-0.39, 0.29) is 11.9 Å². The monoisotopic (exact) mass is 553 g/mol. The summed E-state index contributed by atoms with van der Waals surface area (Å²) >= 11 is 0. The number of carbonyl (C=O) groups excluding carboxylic acids is 2. The van der Waals surface area contributed by atoms with Gasteiger partial charge in [0.25, 0.3) is 0 Å². The molecule has 2 unspecified atom stereocenters. The van der Waals surface area contributed by atoms with Crippen LogP contribution in [0.3, 0.4) is 0 Å². The van der Waals surface area contributed by atoms with E-state index >= 15 is 0 Å². The van der Waals surface area contributed by atoms with Gasteiger partial charge in [0, 0.05) is 12.8 Å². The van der Waals surface area contributed by atoms with Gasteiger partial charge in [0.15, 0.2) is 0 Å². The molecular formula is C35H68O4. The van der Waals surface area contributed by atoms with Crippen molar-refractivity contribution >= 4 is 11.9 Å². The topological polar surface area (TPSA) is 52.6 Å². The van der Waals surface area contributed by atoms with Crippen LogP contribution in [0, 0.1) is 11.8 Å². The van der Waals surface area contributed by atoms with E-state index in [1.165, 1.54) is 116 Å². The summed E-state index contributed by atoms with van der Waals surface area (Å²) in [6.07, 6.45) is 28.8. The molecule has 0 aromatic heterocycles. The van der Waals surface area contributed by atoms with Gasteiger partial charge in [0.05, 0.1) is 13.2 Å². The molecule has 39 heavy (non-hydrogen) atoms. The molecule has 232 valence electrons. The Morgan fingerprint density at radius 2 is 0.795 bits per heavy atom. The minimum atomic E-state index is -0.0157. The molecule has 0 amide bonds. The lowest BCUT2D eigenvalue weighted by molar-refractivity contribution is -0.146. The summed E-state index contributed by atoms with van der Waals surface area (Å²) < 4.78 is 11.2. The lowest BCUT2D eigenvalue weighted by atomic mass is 9.94. The molecule has 0 rings (SSSR count). The zero-order valence-electron chi connectivity index (χ0n) is 26.9. The van der Waals surface area contributed by atoms with E-state index < -0.39 is 0 Å². The normalized spacial score (nSPS) is 12.8. The van der Waals surface area contributed by atoms with Crippen molar-refractivity contribution in [2.45, 2.75) is 188 Å². The average Bonchev–Trinajstić information content (AvgIpc) is 2.94. The first-order valence-corrected chi connectivity index (χ1v) is 17.4. The third-order valence-electron chi connectivity index (χ3n) is 8.20. The highest BCUT2D eigenvalue weighted by Crippen LogP contribution is 2.21.